The van der Waals surface area contributed by atoms with Gasteiger partial charge in [-0.25, -0.2) is 4.79 Å². The van der Waals surface area contributed by atoms with Crippen LogP contribution >= 0.6 is 0 Å². The summed E-state index contributed by atoms with van der Waals surface area (Å²) in [6.45, 7) is 1.38. The van der Waals surface area contributed by atoms with Crippen molar-refractivity contribution in [3.63, 3.8) is 0 Å². The van der Waals surface area contributed by atoms with Crippen molar-refractivity contribution in [3.8, 4) is 0 Å². The lowest BCUT2D eigenvalue weighted by atomic mass is 10.0. The molecule has 6 heteroatoms. The van der Waals surface area contributed by atoms with E-state index in [0.29, 0.717) is 12.8 Å². The molecule has 1 fully saturated rings. The van der Waals surface area contributed by atoms with E-state index >= 15 is 0 Å². The fourth-order valence-electron chi connectivity index (χ4n) is 2.20. The molecule has 2 rings (SSSR count). The summed E-state index contributed by atoms with van der Waals surface area (Å²) in [5.74, 6) is -1.62. The lowest BCUT2D eigenvalue weighted by Gasteiger charge is -2.19. The van der Waals surface area contributed by atoms with Crippen molar-refractivity contribution >= 4 is 17.8 Å². The molecule has 3 N–H and O–H groups in total. The molecule has 1 aromatic rings. The minimum absolute atomic E-state index is 0.0125. The van der Waals surface area contributed by atoms with Gasteiger partial charge in [0.25, 0.3) is 0 Å². The Morgan fingerprint density at radius 2 is 1.86 bits per heavy atom. The summed E-state index contributed by atoms with van der Waals surface area (Å²) in [5, 5.41) is 14.3. The molecule has 2 amide bonds. The van der Waals surface area contributed by atoms with Crippen LogP contribution in [0.5, 0.6) is 0 Å². The molecule has 1 aliphatic rings. The van der Waals surface area contributed by atoms with E-state index in [2.05, 4.69) is 10.6 Å². The Labute approximate surface area is 122 Å². The van der Waals surface area contributed by atoms with E-state index in [1.54, 1.807) is 0 Å². The van der Waals surface area contributed by atoms with Crippen LogP contribution in [0, 0.1) is 0 Å². The number of hydrogen-bond donors (Lipinski definition) is 3. The van der Waals surface area contributed by atoms with Crippen LogP contribution in [0.25, 0.3) is 0 Å². The fourth-order valence-corrected chi connectivity index (χ4v) is 2.20. The third kappa shape index (κ3) is 3.81. The quantitative estimate of drug-likeness (QED) is 0.728. The maximum atomic E-state index is 12.0. The second kappa shape index (κ2) is 5.95. The van der Waals surface area contributed by atoms with Gasteiger partial charge >= 0.3 is 5.97 Å². The van der Waals surface area contributed by atoms with Crippen LogP contribution in [0.1, 0.15) is 37.8 Å². The first kappa shape index (κ1) is 15.0. The first-order chi connectivity index (χ1) is 9.93. The maximum absolute atomic E-state index is 12.0. The van der Waals surface area contributed by atoms with E-state index < -0.39 is 17.6 Å². The summed E-state index contributed by atoms with van der Waals surface area (Å²) in [4.78, 5) is 34.4. The lowest BCUT2D eigenvalue weighted by Crippen LogP contribution is -2.44. The Hall–Kier alpha value is -2.37. The molecule has 1 atom stereocenters. The average molecular weight is 290 g/mol. The Morgan fingerprint density at radius 1 is 1.24 bits per heavy atom. The van der Waals surface area contributed by atoms with Gasteiger partial charge < -0.3 is 15.7 Å². The summed E-state index contributed by atoms with van der Waals surface area (Å²) in [6.07, 6.45) is 0.910. The highest BCUT2D eigenvalue weighted by molar-refractivity contribution is 5.90. The van der Waals surface area contributed by atoms with E-state index in [0.717, 1.165) is 5.56 Å². The first-order valence-electron chi connectivity index (χ1n) is 6.79. The van der Waals surface area contributed by atoms with Gasteiger partial charge in [-0.1, -0.05) is 30.3 Å². The predicted octanol–water partition coefficient (Wildman–Crippen LogP) is 0.987. The van der Waals surface area contributed by atoms with Crippen LogP contribution in [-0.4, -0.2) is 28.4 Å². The second-order valence-corrected chi connectivity index (χ2v) is 5.30. The zero-order chi connectivity index (χ0) is 15.5. The molecule has 0 aromatic heterocycles. The second-order valence-electron chi connectivity index (χ2n) is 5.30. The summed E-state index contributed by atoms with van der Waals surface area (Å²) in [6, 6.07) is 8.66. The van der Waals surface area contributed by atoms with E-state index in [1.165, 1.54) is 6.92 Å². The van der Waals surface area contributed by atoms with Crippen molar-refractivity contribution < 1.29 is 19.5 Å². The SMILES string of the molecule is CC(=O)NC(CC(=O)NC1(C(=O)O)CC1)c1ccccc1. The van der Waals surface area contributed by atoms with Crippen LogP contribution in [0.4, 0.5) is 0 Å². The number of rotatable bonds is 6. The molecule has 0 bridgehead atoms. The van der Waals surface area contributed by atoms with Crippen molar-refractivity contribution in [1.29, 1.82) is 0 Å². The van der Waals surface area contributed by atoms with Crippen LogP contribution < -0.4 is 10.6 Å². The minimum Gasteiger partial charge on any atom is -0.480 e. The summed E-state index contributed by atoms with van der Waals surface area (Å²) in [5.41, 5.74) is -0.294. The summed E-state index contributed by atoms with van der Waals surface area (Å²) in [7, 11) is 0. The molecule has 1 saturated carbocycles. The number of carbonyl (C=O) groups excluding carboxylic acids is 2. The molecule has 0 spiro atoms. The van der Waals surface area contributed by atoms with Crippen LogP contribution in [-0.2, 0) is 14.4 Å². The number of nitrogens with one attached hydrogen (secondary N) is 2. The number of amides is 2. The van der Waals surface area contributed by atoms with Gasteiger partial charge in [0, 0.05) is 6.92 Å². The number of carboxylic acids is 1. The normalized spacial score (nSPS) is 16.6. The van der Waals surface area contributed by atoms with Gasteiger partial charge in [-0.2, -0.15) is 0 Å². The molecule has 21 heavy (non-hydrogen) atoms. The lowest BCUT2D eigenvalue weighted by molar-refractivity contribution is -0.143. The van der Waals surface area contributed by atoms with Crippen LogP contribution in [0.15, 0.2) is 30.3 Å². The Bertz CT molecular complexity index is 552. The predicted molar refractivity (Wildman–Crippen MR) is 75.4 cm³/mol. The molecule has 0 heterocycles. The van der Waals surface area contributed by atoms with Crippen molar-refractivity contribution in [3.05, 3.63) is 35.9 Å². The van der Waals surface area contributed by atoms with E-state index in [-0.39, 0.29) is 18.2 Å². The van der Waals surface area contributed by atoms with E-state index in [9.17, 15) is 14.4 Å². The summed E-state index contributed by atoms with van der Waals surface area (Å²) < 4.78 is 0. The molecule has 0 saturated heterocycles. The van der Waals surface area contributed by atoms with E-state index in [4.69, 9.17) is 5.11 Å². The van der Waals surface area contributed by atoms with Crippen LogP contribution in [0.2, 0.25) is 0 Å². The smallest absolute Gasteiger partial charge is 0.329 e. The molecular formula is C15H18N2O4. The molecule has 6 nitrogen and oxygen atoms in total. The van der Waals surface area contributed by atoms with Gasteiger partial charge in [-0.3, -0.25) is 9.59 Å². The topological polar surface area (TPSA) is 95.5 Å². The average Bonchev–Trinajstić information content (AvgIpc) is 3.19. The van der Waals surface area contributed by atoms with Gasteiger partial charge in [0.15, 0.2) is 0 Å². The largest absolute Gasteiger partial charge is 0.480 e. The Kier molecular flexibility index (Phi) is 4.26. The minimum atomic E-state index is -1.10. The molecule has 1 aromatic carbocycles. The highest BCUT2D eigenvalue weighted by Crippen LogP contribution is 2.35. The number of hydrogen-bond acceptors (Lipinski definition) is 3. The van der Waals surface area contributed by atoms with Crippen molar-refractivity contribution in [1.82, 2.24) is 10.6 Å². The van der Waals surface area contributed by atoms with Crippen LogP contribution in [0.3, 0.4) is 0 Å². The summed E-state index contributed by atoms with van der Waals surface area (Å²) >= 11 is 0. The molecule has 1 aliphatic carbocycles. The van der Waals surface area contributed by atoms with Gasteiger partial charge in [0.2, 0.25) is 11.8 Å². The van der Waals surface area contributed by atoms with Crippen molar-refractivity contribution in [2.24, 2.45) is 0 Å². The number of benzene rings is 1. The van der Waals surface area contributed by atoms with Gasteiger partial charge in [-0.05, 0) is 18.4 Å². The number of aliphatic carboxylic acids is 1. The first-order valence-corrected chi connectivity index (χ1v) is 6.79. The number of carboxylic acid groups (broad SMARTS) is 1. The van der Waals surface area contributed by atoms with Gasteiger partial charge in [-0.15, -0.1) is 0 Å². The highest BCUT2D eigenvalue weighted by atomic mass is 16.4. The third-order valence-corrected chi connectivity index (χ3v) is 3.51. The van der Waals surface area contributed by atoms with Gasteiger partial charge in [0.1, 0.15) is 5.54 Å². The zero-order valence-electron chi connectivity index (χ0n) is 11.8. The standard InChI is InChI=1S/C15H18N2O4/c1-10(18)16-12(11-5-3-2-4-6-11)9-13(19)17-15(7-8-15)14(20)21/h2-6,12H,7-9H2,1H3,(H,16,18)(H,17,19)(H,20,21). The maximum Gasteiger partial charge on any atom is 0.329 e. The molecule has 112 valence electrons. The zero-order valence-corrected chi connectivity index (χ0v) is 11.8. The molecular weight excluding hydrogens is 272 g/mol. The monoisotopic (exact) mass is 290 g/mol. The van der Waals surface area contributed by atoms with Crippen molar-refractivity contribution in [2.45, 2.75) is 37.8 Å². The van der Waals surface area contributed by atoms with Crippen molar-refractivity contribution in [2.75, 3.05) is 0 Å². The van der Waals surface area contributed by atoms with E-state index in [1.807, 2.05) is 30.3 Å². The van der Waals surface area contributed by atoms with Gasteiger partial charge in [0.05, 0.1) is 12.5 Å². The fraction of sp³-hybridized carbons (Fsp3) is 0.400. The third-order valence-electron chi connectivity index (χ3n) is 3.51. The molecule has 0 aliphatic heterocycles. The molecule has 0 radical (unpaired) electrons. The number of carbonyl (C=O) groups is 3. The molecule has 1 unspecified atom stereocenters. The Morgan fingerprint density at radius 3 is 2.33 bits per heavy atom. The Balaban J connectivity index is 2.03. The highest BCUT2D eigenvalue weighted by Gasteiger charge is 2.51.